The highest BCUT2D eigenvalue weighted by atomic mass is 19.1. The summed E-state index contributed by atoms with van der Waals surface area (Å²) in [6, 6.07) is 5.58. The minimum atomic E-state index is -0.703. The zero-order chi connectivity index (χ0) is 36.5. The molecule has 0 spiro atoms. The normalized spacial score (nSPS) is 23.5. The molecule has 1 saturated heterocycles. The molecule has 0 bridgehead atoms. The Morgan fingerprint density at radius 1 is 0.980 bits per heavy atom. The molecule has 1 aliphatic heterocycles. The van der Waals surface area contributed by atoms with Crippen molar-refractivity contribution in [2.45, 2.75) is 116 Å². The molecule has 0 unspecified atom stereocenters. The number of carbonyl (C=O) groups is 4. The number of fused-ring (bicyclic) bond motifs is 1. The van der Waals surface area contributed by atoms with Crippen LogP contribution in [0.25, 0.3) is 11.0 Å². The third-order valence-corrected chi connectivity index (χ3v) is 10.7. The van der Waals surface area contributed by atoms with E-state index in [1.165, 1.54) is 6.42 Å². The first-order chi connectivity index (χ1) is 24.5. The summed E-state index contributed by atoms with van der Waals surface area (Å²) in [5.41, 5.74) is 0.374. The molecule has 12 heteroatoms. The molecule has 1 aromatic heterocycles. The number of furan rings is 1. The van der Waals surface area contributed by atoms with Gasteiger partial charge in [0.15, 0.2) is 0 Å². The summed E-state index contributed by atoms with van der Waals surface area (Å²) in [5, 5.41) is 6.44. The average Bonchev–Trinajstić information content (AvgIpc) is 3.75. The van der Waals surface area contributed by atoms with Gasteiger partial charge in [-0.3, -0.25) is 9.59 Å². The van der Waals surface area contributed by atoms with E-state index >= 15 is 0 Å². The Balaban J connectivity index is 1.24. The lowest BCUT2D eigenvalue weighted by atomic mass is 9.76. The highest BCUT2D eigenvalue weighted by Gasteiger charge is 2.47. The smallest absolute Gasteiger partial charge is 0.407 e. The second kappa shape index (κ2) is 17.7. The van der Waals surface area contributed by atoms with Crippen molar-refractivity contribution in [3.05, 3.63) is 30.0 Å². The number of ether oxygens (including phenoxy) is 3. The molecule has 2 saturated carbocycles. The summed E-state index contributed by atoms with van der Waals surface area (Å²) in [5.74, 6) is -0.602. The minimum Gasteiger partial charge on any atom is -0.460 e. The van der Waals surface area contributed by atoms with Gasteiger partial charge in [0.25, 0.3) is 0 Å². The van der Waals surface area contributed by atoms with Crippen molar-refractivity contribution in [1.82, 2.24) is 10.2 Å². The van der Waals surface area contributed by atoms with Crippen molar-refractivity contribution in [1.29, 1.82) is 0 Å². The van der Waals surface area contributed by atoms with Crippen molar-refractivity contribution >= 4 is 40.5 Å². The van der Waals surface area contributed by atoms with Gasteiger partial charge in [-0.05, 0) is 102 Å². The third-order valence-electron chi connectivity index (χ3n) is 10.7. The van der Waals surface area contributed by atoms with Crippen LogP contribution in [0.15, 0.2) is 28.7 Å². The van der Waals surface area contributed by atoms with Crippen LogP contribution in [0, 0.1) is 23.7 Å². The van der Waals surface area contributed by atoms with Crippen LogP contribution in [0.5, 0.6) is 0 Å². The molecule has 1 aromatic carbocycles. The molecule has 2 N–H and O–H groups in total. The molecule has 2 aliphatic carbocycles. The van der Waals surface area contributed by atoms with Crippen LogP contribution in [0.1, 0.15) is 109 Å². The van der Waals surface area contributed by atoms with Crippen LogP contribution in [-0.2, 0) is 23.8 Å². The number of alkyl halides is 1. The number of nitrogens with one attached hydrogen (secondary N) is 2. The van der Waals surface area contributed by atoms with Gasteiger partial charge in [0.2, 0.25) is 17.6 Å². The van der Waals surface area contributed by atoms with E-state index in [1.807, 2.05) is 6.92 Å². The van der Waals surface area contributed by atoms with Crippen molar-refractivity contribution < 1.29 is 42.2 Å². The van der Waals surface area contributed by atoms with E-state index in [0.717, 1.165) is 32.1 Å². The molecule has 3 aliphatic rings. The number of alkyl carbamates (subject to hydrolysis) is 1. The lowest BCUT2D eigenvalue weighted by Crippen LogP contribution is -2.50. The minimum absolute atomic E-state index is 0.0153. The molecule has 51 heavy (non-hydrogen) atoms. The van der Waals surface area contributed by atoms with Gasteiger partial charge in [0.05, 0.1) is 12.6 Å². The Kier molecular flexibility index (Phi) is 13.4. The Labute approximate surface area is 300 Å². The second-order valence-corrected chi connectivity index (χ2v) is 15.4. The van der Waals surface area contributed by atoms with Crippen LogP contribution < -0.4 is 10.6 Å². The first-order valence-corrected chi connectivity index (χ1v) is 18.9. The molecular weight excluding hydrogens is 657 g/mol. The van der Waals surface area contributed by atoms with Crippen LogP contribution >= 0.6 is 0 Å². The number of carbonyl (C=O) groups excluding carboxylic acids is 4. The lowest BCUT2D eigenvalue weighted by molar-refractivity contribution is -0.142. The quantitative estimate of drug-likeness (QED) is 0.162. The van der Waals surface area contributed by atoms with Gasteiger partial charge >= 0.3 is 12.1 Å². The third kappa shape index (κ3) is 10.2. The maximum absolute atomic E-state index is 14.2. The summed E-state index contributed by atoms with van der Waals surface area (Å²) in [4.78, 5) is 55.0. The van der Waals surface area contributed by atoms with Gasteiger partial charge in [-0.2, -0.15) is 0 Å². The molecule has 282 valence electrons. The Morgan fingerprint density at radius 2 is 1.73 bits per heavy atom. The monoisotopic (exact) mass is 713 g/mol. The van der Waals surface area contributed by atoms with E-state index in [1.54, 1.807) is 49.9 Å². The topological polar surface area (TPSA) is 136 Å². The van der Waals surface area contributed by atoms with Crippen molar-refractivity contribution in [3.8, 4) is 0 Å². The molecule has 2 aromatic rings. The summed E-state index contributed by atoms with van der Waals surface area (Å²) in [6.45, 7) is 8.36. The summed E-state index contributed by atoms with van der Waals surface area (Å²) in [7, 11) is 0. The highest BCUT2D eigenvalue weighted by molar-refractivity contribution is 6.00. The number of anilines is 1. The Bertz CT molecular complexity index is 1490. The molecule has 11 nitrogen and oxygen atoms in total. The van der Waals surface area contributed by atoms with E-state index in [0.29, 0.717) is 74.4 Å². The zero-order valence-electron chi connectivity index (χ0n) is 30.7. The lowest BCUT2D eigenvalue weighted by Gasteiger charge is -2.37. The van der Waals surface area contributed by atoms with Gasteiger partial charge < -0.3 is 34.2 Å². The Hall–Kier alpha value is -3.67. The second-order valence-electron chi connectivity index (χ2n) is 15.4. The summed E-state index contributed by atoms with van der Waals surface area (Å²) >= 11 is 0. The number of hydrogen-bond acceptors (Lipinski definition) is 8. The molecule has 3 fully saturated rings. The van der Waals surface area contributed by atoms with E-state index in [4.69, 9.17) is 18.6 Å². The largest absolute Gasteiger partial charge is 0.460 e. The molecule has 3 atom stereocenters. The first-order valence-electron chi connectivity index (χ1n) is 18.9. The van der Waals surface area contributed by atoms with E-state index in [2.05, 4.69) is 10.6 Å². The maximum Gasteiger partial charge on any atom is 0.407 e. The van der Waals surface area contributed by atoms with Gasteiger partial charge in [-0.1, -0.05) is 32.1 Å². The molecule has 2 heterocycles. The number of halogens is 1. The van der Waals surface area contributed by atoms with Gasteiger partial charge in [0.1, 0.15) is 23.9 Å². The Morgan fingerprint density at radius 3 is 2.41 bits per heavy atom. The fourth-order valence-corrected chi connectivity index (χ4v) is 8.18. The number of nitrogens with zero attached hydrogens (tertiary/aromatic N) is 1. The highest BCUT2D eigenvalue weighted by Crippen LogP contribution is 2.41. The van der Waals surface area contributed by atoms with Crippen LogP contribution in [0.2, 0.25) is 0 Å². The number of amides is 3. The van der Waals surface area contributed by atoms with Crippen molar-refractivity contribution in [2.75, 3.05) is 38.4 Å². The number of hydrogen-bond donors (Lipinski definition) is 2. The fourth-order valence-electron chi connectivity index (χ4n) is 8.18. The summed E-state index contributed by atoms with van der Waals surface area (Å²) in [6.07, 6.45) is 8.67. The van der Waals surface area contributed by atoms with Crippen LogP contribution in [-0.4, -0.2) is 79.5 Å². The predicted molar refractivity (Wildman–Crippen MR) is 191 cm³/mol. The first kappa shape index (κ1) is 38.6. The number of likely N-dealkylation sites (tertiary alicyclic amines) is 1. The van der Waals surface area contributed by atoms with Crippen LogP contribution in [0.4, 0.5) is 14.9 Å². The van der Waals surface area contributed by atoms with Gasteiger partial charge in [0, 0.05) is 43.2 Å². The molecule has 0 radical (unpaired) electrons. The van der Waals surface area contributed by atoms with Crippen LogP contribution in [0.3, 0.4) is 0 Å². The van der Waals surface area contributed by atoms with E-state index in [-0.39, 0.29) is 41.9 Å². The standard InChI is InChI=1S/C39H56FN3O8/c1-5-48-20-9-21-49-37(46)33-23-28-22-29(16-17-32(28)50-33)41-35(44)34-30(25-10-7-6-8-11-25)18-19-43(34)36(45)27-14-12-26(13-15-27)31(24-40)42-38(47)51-39(2,3)4/h16-17,22-23,25-27,30-31,34H,5-15,18-21,24H2,1-4H3,(H,41,44)(H,42,47)/t26?,27?,30-,31+,34-/m0/s1. The SMILES string of the molecule is CCOCCCOC(=O)c1cc2cc(NC(=O)[C@@H]3[C@H](C4CCCCC4)CCN3C(=O)C3CCC([C@@H](CF)NC(=O)OC(C)(C)C)CC3)ccc2o1. The fraction of sp³-hybridized carbons (Fsp3) is 0.692. The summed E-state index contributed by atoms with van der Waals surface area (Å²) < 4.78 is 35.7. The van der Waals surface area contributed by atoms with Gasteiger partial charge in [-0.15, -0.1) is 0 Å². The molecule has 5 rings (SSSR count). The number of rotatable bonds is 13. The number of esters is 1. The molecule has 3 amide bonds. The average molecular weight is 714 g/mol. The van der Waals surface area contributed by atoms with Crippen molar-refractivity contribution in [3.63, 3.8) is 0 Å². The maximum atomic E-state index is 14.2. The number of benzene rings is 1. The molecular formula is C39H56FN3O8. The van der Waals surface area contributed by atoms with E-state index < -0.39 is 36.4 Å². The van der Waals surface area contributed by atoms with Gasteiger partial charge in [-0.25, -0.2) is 14.0 Å². The zero-order valence-corrected chi connectivity index (χ0v) is 30.7. The van der Waals surface area contributed by atoms with Crippen molar-refractivity contribution in [2.24, 2.45) is 23.7 Å². The van der Waals surface area contributed by atoms with E-state index in [9.17, 15) is 23.6 Å². The predicted octanol–water partition coefficient (Wildman–Crippen LogP) is 7.42.